The summed E-state index contributed by atoms with van der Waals surface area (Å²) < 4.78 is 8.73. The number of aromatic nitrogens is 4. The van der Waals surface area contributed by atoms with Crippen LogP contribution in [0.15, 0.2) is 186 Å². The molecular formula is C51H34N4O. The highest BCUT2D eigenvalue weighted by Crippen LogP contribution is 2.41. The zero-order chi connectivity index (χ0) is 37.0. The summed E-state index contributed by atoms with van der Waals surface area (Å²) in [5.74, 6) is 2.03. The van der Waals surface area contributed by atoms with Crippen molar-refractivity contribution in [2.24, 2.45) is 0 Å². The fourth-order valence-electron chi connectivity index (χ4n) is 8.18. The number of fused-ring (bicyclic) bond motifs is 6. The molecule has 0 unspecified atom stereocenters. The first-order chi connectivity index (χ1) is 27.7. The molecule has 264 valence electrons. The van der Waals surface area contributed by atoms with Crippen LogP contribution in [0.5, 0.6) is 0 Å². The summed E-state index contributed by atoms with van der Waals surface area (Å²) in [5.41, 5.74) is 12.8. The zero-order valence-electron chi connectivity index (χ0n) is 30.4. The Bertz CT molecular complexity index is 3170. The molecule has 0 saturated carbocycles. The first-order valence-electron chi connectivity index (χ1n) is 19.1. The first-order valence-corrected chi connectivity index (χ1v) is 19.1. The highest BCUT2D eigenvalue weighted by Gasteiger charge is 2.19. The van der Waals surface area contributed by atoms with Gasteiger partial charge in [0.1, 0.15) is 11.2 Å². The van der Waals surface area contributed by atoms with Crippen LogP contribution in [0.4, 0.5) is 0 Å². The van der Waals surface area contributed by atoms with E-state index in [2.05, 4.69) is 156 Å². The third kappa shape index (κ3) is 5.44. The molecule has 1 aliphatic rings. The minimum Gasteiger partial charge on any atom is -0.456 e. The van der Waals surface area contributed by atoms with E-state index in [9.17, 15) is 0 Å². The van der Waals surface area contributed by atoms with E-state index in [1.165, 1.54) is 27.5 Å². The van der Waals surface area contributed by atoms with Crippen molar-refractivity contribution in [3.8, 4) is 50.7 Å². The fourth-order valence-corrected chi connectivity index (χ4v) is 8.18. The topological polar surface area (TPSA) is 56.7 Å². The predicted octanol–water partition coefficient (Wildman–Crippen LogP) is 13.3. The van der Waals surface area contributed by atoms with Gasteiger partial charge in [0.25, 0.3) is 0 Å². The largest absolute Gasteiger partial charge is 0.456 e. The van der Waals surface area contributed by atoms with Crippen LogP contribution in [0.2, 0.25) is 0 Å². The summed E-state index contributed by atoms with van der Waals surface area (Å²) in [4.78, 5) is 14.9. The van der Waals surface area contributed by atoms with Crippen LogP contribution in [-0.2, 0) is 0 Å². The van der Waals surface area contributed by atoms with Crippen molar-refractivity contribution in [3.63, 3.8) is 0 Å². The van der Waals surface area contributed by atoms with Gasteiger partial charge in [0.15, 0.2) is 17.5 Å². The van der Waals surface area contributed by atoms with Crippen molar-refractivity contribution in [1.82, 2.24) is 19.5 Å². The van der Waals surface area contributed by atoms with E-state index < -0.39 is 0 Å². The second-order valence-corrected chi connectivity index (χ2v) is 14.3. The molecule has 0 aliphatic heterocycles. The molecule has 10 aromatic rings. The SMILES string of the molecule is C1=CC(c2nc(-c3ccccc3)nc(-c3ccc(-c4cccc5c4c4ccccc4n5-c4ccc5oc6ccc(-c7ccccc7)cc6c5c4)cc3)n2)=CCC1. The lowest BCUT2D eigenvalue weighted by atomic mass is 9.98. The van der Waals surface area contributed by atoms with E-state index in [0.29, 0.717) is 17.5 Å². The number of hydrogen-bond acceptors (Lipinski definition) is 4. The molecule has 0 atom stereocenters. The Morgan fingerprint density at radius 3 is 1.84 bits per heavy atom. The lowest BCUT2D eigenvalue weighted by Crippen LogP contribution is -2.03. The smallest absolute Gasteiger partial charge is 0.164 e. The zero-order valence-corrected chi connectivity index (χ0v) is 30.4. The molecule has 0 N–H and O–H groups in total. The molecular weight excluding hydrogens is 685 g/mol. The Balaban J connectivity index is 1.03. The molecule has 0 bridgehead atoms. The standard InChI is InChI=1S/C51H34N4O/c1-4-13-33(14-5-1)38-27-29-46-42(31-38)43-32-39(28-30-47(43)56-46)55-44-21-11-10-19-41(44)48-40(20-12-22-45(48)55)34-23-25-37(26-24-34)51-53-49(35-15-6-2-7-16-35)52-50(54-51)36-17-8-3-9-18-36/h1-2,4-8,10-32H,3,9H2. The van der Waals surface area contributed by atoms with Crippen LogP contribution in [0.1, 0.15) is 18.7 Å². The van der Waals surface area contributed by atoms with Gasteiger partial charge in [0.2, 0.25) is 0 Å². The molecule has 5 nitrogen and oxygen atoms in total. The number of benzene rings is 7. The van der Waals surface area contributed by atoms with Crippen molar-refractivity contribution in [2.45, 2.75) is 12.8 Å². The normalized spacial score (nSPS) is 12.9. The average molecular weight is 719 g/mol. The fraction of sp³-hybridized carbons (Fsp3) is 0.0392. The van der Waals surface area contributed by atoms with E-state index in [1.807, 2.05) is 30.3 Å². The number of rotatable bonds is 6. The van der Waals surface area contributed by atoms with E-state index in [4.69, 9.17) is 19.4 Å². The van der Waals surface area contributed by atoms with Crippen LogP contribution >= 0.6 is 0 Å². The van der Waals surface area contributed by atoms with Crippen LogP contribution in [0.3, 0.4) is 0 Å². The first kappa shape index (κ1) is 32.1. The Labute approximate surface area is 323 Å². The summed E-state index contributed by atoms with van der Waals surface area (Å²) in [6.45, 7) is 0. The molecule has 11 rings (SSSR count). The van der Waals surface area contributed by atoms with Gasteiger partial charge in [-0.2, -0.15) is 0 Å². The van der Waals surface area contributed by atoms with Gasteiger partial charge < -0.3 is 8.98 Å². The van der Waals surface area contributed by atoms with E-state index >= 15 is 0 Å². The summed E-state index contributed by atoms with van der Waals surface area (Å²) in [7, 11) is 0. The number of nitrogens with zero attached hydrogens (tertiary/aromatic N) is 4. The number of para-hydroxylation sites is 1. The Kier molecular flexibility index (Phi) is 7.56. The number of hydrogen-bond donors (Lipinski definition) is 0. The Morgan fingerprint density at radius 1 is 0.446 bits per heavy atom. The molecule has 3 heterocycles. The van der Waals surface area contributed by atoms with Gasteiger partial charge in [0, 0.05) is 43.9 Å². The molecule has 1 aliphatic carbocycles. The van der Waals surface area contributed by atoms with Gasteiger partial charge in [-0.15, -0.1) is 0 Å². The summed E-state index contributed by atoms with van der Waals surface area (Å²) in [6, 6.07) is 57.6. The third-order valence-corrected chi connectivity index (χ3v) is 10.9. The molecule has 0 spiro atoms. The monoisotopic (exact) mass is 718 g/mol. The maximum absolute atomic E-state index is 6.35. The lowest BCUT2D eigenvalue weighted by Gasteiger charge is -2.11. The molecule has 0 amide bonds. The highest BCUT2D eigenvalue weighted by molar-refractivity contribution is 6.16. The van der Waals surface area contributed by atoms with Crippen molar-refractivity contribution < 1.29 is 4.42 Å². The maximum atomic E-state index is 6.35. The van der Waals surface area contributed by atoms with Gasteiger partial charge in [-0.1, -0.05) is 140 Å². The van der Waals surface area contributed by atoms with Gasteiger partial charge in [-0.05, 0) is 77.6 Å². The van der Waals surface area contributed by atoms with Crippen molar-refractivity contribution in [3.05, 3.63) is 188 Å². The lowest BCUT2D eigenvalue weighted by molar-refractivity contribution is 0.669. The minimum atomic E-state index is 0.660. The highest BCUT2D eigenvalue weighted by atomic mass is 16.3. The van der Waals surface area contributed by atoms with Gasteiger partial charge in [-0.3, -0.25) is 0 Å². The van der Waals surface area contributed by atoms with Crippen LogP contribution < -0.4 is 0 Å². The summed E-state index contributed by atoms with van der Waals surface area (Å²) in [6.07, 6.45) is 8.54. The molecule has 7 aromatic carbocycles. The molecule has 0 radical (unpaired) electrons. The van der Waals surface area contributed by atoms with E-state index in [1.54, 1.807) is 0 Å². The quantitative estimate of drug-likeness (QED) is 0.172. The van der Waals surface area contributed by atoms with E-state index in [-0.39, 0.29) is 0 Å². The Hall–Kier alpha value is -7.37. The van der Waals surface area contributed by atoms with Gasteiger partial charge in [-0.25, -0.2) is 15.0 Å². The van der Waals surface area contributed by atoms with Crippen molar-refractivity contribution in [1.29, 1.82) is 0 Å². The molecule has 56 heavy (non-hydrogen) atoms. The minimum absolute atomic E-state index is 0.660. The molecule has 0 fully saturated rings. The molecule has 3 aromatic heterocycles. The van der Waals surface area contributed by atoms with Crippen LogP contribution in [0, 0.1) is 0 Å². The van der Waals surface area contributed by atoms with E-state index in [0.717, 1.165) is 73.8 Å². The molecule has 5 heteroatoms. The second-order valence-electron chi connectivity index (χ2n) is 14.3. The van der Waals surface area contributed by atoms with Crippen molar-refractivity contribution >= 4 is 49.3 Å². The summed E-state index contributed by atoms with van der Waals surface area (Å²) in [5, 5.41) is 4.62. The average Bonchev–Trinajstić information content (AvgIpc) is 3.82. The van der Waals surface area contributed by atoms with Gasteiger partial charge in [0.05, 0.1) is 11.0 Å². The van der Waals surface area contributed by atoms with Crippen LogP contribution in [0.25, 0.3) is 100 Å². The molecule has 0 saturated heterocycles. The maximum Gasteiger partial charge on any atom is 0.164 e. The number of furan rings is 1. The number of allylic oxidation sites excluding steroid dienone is 4. The van der Waals surface area contributed by atoms with Gasteiger partial charge >= 0.3 is 0 Å². The van der Waals surface area contributed by atoms with Crippen molar-refractivity contribution in [2.75, 3.05) is 0 Å². The predicted molar refractivity (Wildman–Crippen MR) is 230 cm³/mol. The third-order valence-electron chi connectivity index (χ3n) is 10.9. The van der Waals surface area contributed by atoms with Crippen LogP contribution in [-0.4, -0.2) is 19.5 Å². The summed E-state index contributed by atoms with van der Waals surface area (Å²) >= 11 is 0. The Morgan fingerprint density at radius 2 is 1.07 bits per heavy atom. The second kappa shape index (κ2) is 13.2.